The van der Waals surface area contributed by atoms with Crippen LogP contribution in [0.5, 0.6) is 0 Å². The zero-order valence-electron chi connectivity index (χ0n) is 15.3. The fourth-order valence-electron chi connectivity index (χ4n) is 3.98. The highest BCUT2D eigenvalue weighted by Gasteiger charge is 2.36. The largest absolute Gasteiger partial charge is 0.355 e. The van der Waals surface area contributed by atoms with Crippen molar-refractivity contribution in [3.05, 3.63) is 0 Å². The van der Waals surface area contributed by atoms with Crippen molar-refractivity contribution in [2.75, 3.05) is 39.3 Å². The van der Waals surface area contributed by atoms with Crippen molar-refractivity contribution in [1.82, 2.24) is 15.1 Å². The molecule has 2 aliphatic heterocycles. The van der Waals surface area contributed by atoms with Crippen LogP contribution < -0.4 is 11.1 Å². The van der Waals surface area contributed by atoms with Gasteiger partial charge in [0, 0.05) is 26.2 Å². The van der Waals surface area contributed by atoms with E-state index in [-0.39, 0.29) is 23.8 Å². The van der Waals surface area contributed by atoms with E-state index in [0.717, 1.165) is 32.5 Å². The molecule has 6 heteroatoms. The topological polar surface area (TPSA) is 78.7 Å². The zero-order chi connectivity index (χ0) is 17.5. The van der Waals surface area contributed by atoms with Crippen molar-refractivity contribution in [2.45, 2.75) is 52.0 Å². The molecule has 138 valence electrons. The van der Waals surface area contributed by atoms with Crippen LogP contribution in [0.4, 0.5) is 0 Å². The predicted octanol–water partition coefficient (Wildman–Crippen LogP) is 0.810. The summed E-state index contributed by atoms with van der Waals surface area (Å²) >= 11 is 0. The summed E-state index contributed by atoms with van der Waals surface area (Å²) in [5, 5.41) is 2.86. The Morgan fingerprint density at radius 1 is 1.12 bits per heavy atom. The number of nitrogens with two attached hydrogens (primary N) is 1. The number of likely N-dealkylation sites (tertiary alicyclic amines) is 2. The van der Waals surface area contributed by atoms with Crippen LogP contribution in [0, 0.1) is 11.8 Å². The second-order valence-corrected chi connectivity index (χ2v) is 7.49. The number of carbonyl (C=O) groups is 2. The molecule has 0 saturated carbocycles. The molecule has 2 unspecified atom stereocenters. The van der Waals surface area contributed by atoms with Gasteiger partial charge in [-0.1, -0.05) is 20.3 Å². The SMILES string of the molecule is CC(C)C(C(=O)N1CCCC(C(=O)NCCN)C1)N1CCCCC1. The molecule has 2 saturated heterocycles. The Morgan fingerprint density at radius 2 is 1.83 bits per heavy atom. The van der Waals surface area contributed by atoms with E-state index in [0.29, 0.717) is 25.6 Å². The molecule has 2 rings (SSSR count). The molecule has 0 aromatic heterocycles. The summed E-state index contributed by atoms with van der Waals surface area (Å²) < 4.78 is 0. The number of nitrogens with zero attached hydrogens (tertiary/aromatic N) is 2. The number of amides is 2. The Labute approximate surface area is 146 Å². The minimum atomic E-state index is -0.0941. The monoisotopic (exact) mass is 338 g/mol. The van der Waals surface area contributed by atoms with E-state index in [1.165, 1.54) is 19.3 Å². The van der Waals surface area contributed by atoms with Crippen LogP contribution in [0.2, 0.25) is 0 Å². The number of hydrogen-bond donors (Lipinski definition) is 2. The van der Waals surface area contributed by atoms with Gasteiger partial charge in [-0.3, -0.25) is 14.5 Å². The quantitative estimate of drug-likeness (QED) is 0.751. The highest BCUT2D eigenvalue weighted by molar-refractivity contribution is 5.84. The molecule has 2 heterocycles. The molecular formula is C18H34N4O2. The predicted molar refractivity (Wildman–Crippen MR) is 95.4 cm³/mol. The van der Waals surface area contributed by atoms with Gasteiger partial charge in [0.1, 0.15) is 0 Å². The van der Waals surface area contributed by atoms with Crippen molar-refractivity contribution in [2.24, 2.45) is 17.6 Å². The van der Waals surface area contributed by atoms with E-state index in [4.69, 9.17) is 5.73 Å². The van der Waals surface area contributed by atoms with E-state index in [1.807, 2.05) is 4.90 Å². The van der Waals surface area contributed by atoms with Gasteiger partial charge in [0.15, 0.2) is 0 Å². The Bertz CT molecular complexity index is 421. The summed E-state index contributed by atoms with van der Waals surface area (Å²) in [6.45, 7) is 8.57. The van der Waals surface area contributed by atoms with Gasteiger partial charge in [0.05, 0.1) is 12.0 Å². The van der Waals surface area contributed by atoms with Crippen LogP contribution in [-0.4, -0.2) is 66.9 Å². The minimum Gasteiger partial charge on any atom is -0.355 e. The highest BCUT2D eigenvalue weighted by Crippen LogP contribution is 2.23. The Morgan fingerprint density at radius 3 is 2.46 bits per heavy atom. The van der Waals surface area contributed by atoms with Gasteiger partial charge < -0.3 is 16.0 Å². The number of hydrogen-bond acceptors (Lipinski definition) is 4. The summed E-state index contributed by atoms with van der Waals surface area (Å²) in [5.41, 5.74) is 5.45. The lowest BCUT2D eigenvalue weighted by atomic mass is 9.93. The third-order valence-corrected chi connectivity index (χ3v) is 5.22. The van der Waals surface area contributed by atoms with E-state index in [9.17, 15) is 9.59 Å². The number of carbonyl (C=O) groups excluding carboxylic acids is 2. The molecular weight excluding hydrogens is 304 g/mol. The van der Waals surface area contributed by atoms with Crippen LogP contribution in [0.3, 0.4) is 0 Å². The van der Waals surface area contributed by atoms with Crippen molar-refractivity contribution in [1.29, 1.82) is 0 Å². The van der Waals surface area contributed by atoms with Crippen molar-refractivity contribution < 1.29 is 9.59 Å². The summed E-state index contributed by atoms with van der Waals surface area (Å²) in [5.74, 6) is 0.450. The first-order valence-corrected chi connectivity index (χ1v) is 9.55. The Balaban J connectivity index is 1.99. The molecule has 0 aromatic rings. The van der Waals surface area contributed by atoms with Gasteiger partial charge in [-0.05, 0) is 44.7 Å². The minimum absolute atomic E-state index is 0.0389. The molecule has 3 N–H and O–H groups in total. The second-order valence-electron chi connectivity index (χ2n) is 7.49. The lowest BCUT2D eigenvalue weighted by Crippen LogP contribution is -2.55. The van der Waals surface area contributed by atoms with Crippen LogP contribution in [-0.2, 0) is 9.59 Å². The lowest BCUT2D eigenvalue weighted by Gasteiger charge is -2.41. The average Bonchev–Trinajstić information content (AvgIpc) is 2.60. The van der Waals surface area contributed by atoms with Gasteiger partial charge in [-0.2, -0.15) is 0 Å². The van der Waals surface area contributed by atoms with Crippen molar-refractivity contribution in [3.63, 3.8) is 0 Å². The van der Waals surface area contributed by atoms with Crippen LogP contribution in [0.15, 0.2) is 0 Å². The average molecular weight is 338 g/mol. The first-order valence-electron chi connectivity index (χ1n) is 9.55. The Kier molecular flexibility index (Phi) is 7.49. The van der Waals surface area contributed by atoms with Gasteiger partial charge in [-0.15, -0.1) is 0 Å². The van der Waals surface area contributed by atoms with Crippen molar-refractivity contribution >= 4 is 11.8 Å². The molecule has 0 spiro atoms. The standard InChI is InChI=1S/C18H34N4O2/c1-14(2)16(21-10-4-3-5-11-21)18(24)22-12-6-7-15(13-22)17(23)20-9-8-19/h14-16H,3-13,19H2,1-2H3,(H,20,23). The normalized spacial score (nSPS) is 24.0. The lowest BCUT2D eigenvalue weighted by molar-refractivity contribution is -0.142. The van der Waals surface area contributed by atoms with Gasteiger partial charge in [0.2, 0.25) is 11.8 Å². The number of nitrogens with one attached hydrogen (secondary N) is 1. The summed E-state index contributed by atoms with van der Waals surface area (Å²) in [4.78, 5) is 29.7. The first kappa shape index (κ1) is 19.2. The third-order valence-electron chi connectivity index (χ3n) is 5.22. The van der Waals surface area contributed by atoms with E-state index < -0.39 is 0 Å². The number of piperidine rings is 2. The summed E-state index contributed by atoms with van der Waals surface area (Å²) in [6.07, 6.45) is 5.39. The number of rotatable bonds is 6. The molecule has 2 atom stereocenters. The first-order chi connectivity index (χ1) is 11.5. The Hall–Kier alpha value is -1.14. The molecule has 0 aliphatic carbocycles. The van der Waals surface area contributed by atoms with Crippen LogP contribution in [0.25, 0.3) is 0 Å². The smallest absolute Gasteiger partial charge is 0.240 e. The highest BCUT2D eigenvalue weighted by atomic mass is 16.2. The maximum absolute atomic E-state index is 13.2. The van der Waals surface area contributed by atoms with Crippen molar-refractivity contribution in [3.8, 4) is 0 Å². The van der Waals surface area contributed by atoms with Crippen LogP contribution >= 0.6 is 0 Å². The van der Waals surface area contributed by atoms with Gasteiger partial charge in [0.25, 0.3) is 0 Å². The van der Waals surface area contributed by atoms with E-state index in [1.54, 1.807) is 0 Å². The fraction of sp³-hybridized carbons (Fsp3) is 0.889. The molecule has 0 bridgehead atoms. The van der Waals surface area contributed by atoms with Gasteiger partial charge in [-0.25, -0.2) is 0 Å². The second kappa shape index (κ2) is 9.37. The zero-order valence-corrected chi connectivity index (χ0v) is 15.3. The molecule has 2 amide bonds. The van der Waals surface area contributed by atoms with Gasteiger partial charge >= 0.3 is 0 Å². The maximum Gasteiger partial charge on any atom is 0.240 e. The fourth-order valence-corrected chi connectivity index (χ4v) is 3.98. The summed E-state index contributed by atoms with van der Waals surface area (Å²) in [6, 6.07) is -0.0452. The molecule has 2 fully saturated rings. The van der Waals surface area contributed by atoms with E-state index >= 15 is 0 Å². The third kappa shape index (κ3) is 4.93. The molecule has 24 heavy (non-hydrogen) atoms. The molecule has 6 nitrogen and oxygen atoms in total. The summed E-state index contributed by atoms with van der Waals surface area (Å²) in [7, 11) is 0. The molecule has 0 aromatic carbocycles. The molecule has 0 radical (unpaired) electrons. The maximum atomic E-state index is 13.2. The molecule has 2 aliphatic rings. The van der Waals surface area contributed by atoms with Crippen LogP contribution in [0.1, 0.15) is 46.0 Å². The van der Waals surface area contributed by atoms with E-state index in [2.05, 4.69) is 24.1 Å².